The van der Waals surface area contributed by atoms with Gasteiger partial charge in [0.15, 0.2) is 0 Å². The first kappa shape index (κ1) is 16.3. The van der Waals surface area contributed by atoms with Gasteiger partial charge in [-0.25, -0.2) is 0 Å². The Hall–Kier alpha value is -1.54. The Balaban J connectivity index is 1.32. The number of para-hydroxylation sites is 1. The van der Waals surface area contributed by atoms with Crippen molar-refractivity contribution in [3.8, 4) is 11.8 Å². The van der Waals surface area contributed by atoms with E-state index in [9.17, 15) is 0 Å². The minimum atomic E-state index is 0.403. The second-order valence-corrected chi connectivity index (χ2v) is 6.21. The van der Waals surface area contributed by atoms with Crippen LogP contribution in [0.2, 0.25) is 0 Å². The molecule has 3 rings (SSSR count). The zero-order chi connectivity index (χ0) is 15.7. The van der Waals surface area contributed by atoms with Gasteiger partial charge in [-0.05, 0) is 38.1 Å². The number of piperidine rings is 1. The van der Waals surface area contributed by atoms with Crippen LogP contribution >= 0.6 is 0 Å². The fourth-order valence-electron chi connectivity index (χ4n) is 3.14. The molecule has 0 atom stereocenters. The van der Waals surface area contributed by atoms with Gasteiger partial charge < -0.3 is 15.0 Å². The third kappa shape index (κ3) is 5.24. The molecular weight excluding hydrogens is 286 g/mol. The van der Waals surface area contributed by atoms with Crippen molar-refractivity contribution >= 4 is 5.69 Å². The van der Waals surface area contributed by atoms with Crippen molar-refractivity contribution in [3.05, 3.63) is 30.3 Å². The highest BCUT2D eigenvalue weighted by molar-refractivity contribution is 5.46. The largest absolute Gasteiger partial charge is 0.369 e. The molecule has 1 aromatic rings. The second kappa shape index (κ2) is 8.93. The molecule has 0 spiro atoms. The summed E-state index contributed by atoms with van der Waals surface area (Å²) in [6.45, 7) is 7.91. The highest BCUT2D eigenvalue weighted by atomic mass is 16.5. The summed E-state index contributed by atoms with van der Waals surface area (Å²) in [5, 5.41) is 3.35. The number of nitrogens with one attached hydrogen (secondary N) is 1. The lowest BCUT2D eigenvalue weighted by molar-refractivity contribution is 0.0547. The molecule has 0 amide bonds. The average Bonchev–Trinajstić information content (AvgIpc) is 2.64. The van der Waals surface area contributed by atoms with E-state index in [2.05, 4.69) is 57.3 Å². The third-order valence-corrected chi connectivity index (χ3v) is 4.60. The van der Waals surface area contributed by atoms with Crippen molar-refractivity contribution in [2.75, 3.05) is 57.3 Å². The van der Waals surface area contributed by atoms with Crippen LogP contribution in [0.15, 0.2) is 30.3 Å². The van der Waals surface area contributed by atoms with Crippen molar-refractivity contribution < 1.29 is 4.74 Å². The normalized spacial score (nSPS) is 20.1. The lowest BCUT2D eigenvalue weighted by Crippen LogP contribution is -2.46. The molecule has 2 aliphatic heterocycles. The summed E-state index contributed by atoms with van der Waals surface area (Å²) < 4.78 is 5.81. The maximum atomic E-state index is 5.81. The van der Waals surface area contributed by atoms with Crippen LogP contribution in [0.1, 0.15) is 12.8 Å². The number of hydrogen-bond donors (Lipinski definition) is 1. The molecule has 4 heteroatoms. The Morgan fingerprint density at radius 2 is 1.74 bits per heavy atom. The summed E-state index contributed by atoms with van der Waals surface area (Å²) in [6.07, 6.45) is 2.63. The summed E-state index contributed by atoms with van der Waals surface area (Å²) in [6, 6.07) is 10.7. The summed E-state index contributed by atoms with van der Waals surface area (Å²) in [4.78, 5) is 4.88. The van der Waals surface area contributed by atoms with E-state index in [1.165, 1.54) is 5.69 Å². The molecule has 0 saturated carbocycles. The fraction of sp³-hybridized carbons (Fsp3) is 0.579. The van der Waals surface area contributed by atoms with E-state index < -0.39 is 0 Å². The number of benzene rings is 1. The van der Waals surface area contributed by atoms with Gasteiger partial charge in [-0.1, -0.05) is 30.0 Å². The third-order valence-electron chi connectivity index (χ3n) is 4.60. The Morgan fingerprint density at radius 3 is 2.48 bits per heavy atom. The minimum Gasteiger partial charge on any atom is -0.369 e. The molecular formula is C19H27N3O. The summed E-state index contributed by atoms with van der Waals surface area (Å²) in [7, 11) is 0. The number of rotatable bonds is 4. The van der Waals surface area contributed by atoms with Gasteiger partial charge in [0.05, 0.1) is 12.6 Å². The Kier molecular flexibility index (Phi) is 6.34. The van der Waals surface area contributed by atoms with Crippen molar-refractivity contribution in [3.63, 3.8) is 0 Å². The zero-order valence-electron chi connectivity index (χ0n) is 13.8. The monoisotopic (exact) mass is 313 g/mol. The van der Waals surface area contributed by atoms with Crippen LogP contribution in [0.5, 0.6) is 0 Å². The Labute approximate surface area is 139 Å². The quantitative estimate of drug-likeness (QED) is 0.854. The van der Waals surface area contributed by atoms with Crippen LogP contribution in [0.3, 0.4) is 0 Å². The van der Waals surface area contributed by atoms with Crippen LogP contribution in [-0.4, -0.2) is 63.4 Å². The van der Waals surface area contributed by atoms with Gasteiger partial charge in [0.1, 0.15) is 6.61 Å². The fourth-order valence-corrected chi connectivity index (χ4v) is 3.14. The molecule has 1 N–H and O–H groups in total. The van der Waals surface area contributed by atoms with E-state index in [0.717, 1.165) is 58.7 Å². The maximum Gasteiger partial charge on any atom is 0.108 e. The first-order valence-corrected chi connectivity index (χ1v) is 8.72. The molecule has 1 aromatic carbocycles. The number of nitrogens with zero attached hydrogens (tertiary/aromatic N) is 2. The summed E-state index contributed by atoms with van der Waals surface area (Å²) >= 11 is 0. The van der Waals surface area contributed by atoms with Crippen LogP contribution in [0.4, 0.5) is 5.69 Å². The molecule has 0 unspecified atom stereocenters. The topological polar surface area (TPSA) is 27.7 Å². The maximum absolute atomic E-state index is 5.81. The van der Waals surface area contributed by atoms with Gasteiger partial charge in [0, 0.05) is 31.9 Å². The zero-order valence-corrected chi connectivity index (χ0v) is 13.8. The van der Waals surface area contributed by atoms with E-state index in [1.54, 1.807) is 0 Å². The molecule has 2 saturated heterocycles. The molecule has 124 valence electrons. The highest BCUT2D eigenvalue weighted by Crippen LogP contribution is 2.15. The van der Waals surface area contributed by atoms with E-state index in [0.29, 0.717) is 12.7 Å². The lowest BCUT2D eigenvalue weighted by Gasteiger charge is -2.35. The van der Waals surface area contributed by atoms with Crippen LogP contribution in [-0.2, 0) is 4.74 Å². The predicted molar refractivity (Wildman–Crippen MR) is 94.7 cm³/mol. The molecule has 0 bridgehead atoms. The van der Waals surface area contributed by atoms with Crippen molar-refractivity contribution in [2.24, 2.45) is 0 Å². The number of anilines is 1. The van der Waals surface area contributed by atoms with Crippen LogP contribution < -0.4 is 10.2 Å². The molecule has 2 aliphatic rings. The smallest absolute Gasteiger partial charge is 0.108 e. The average molecular weight is 313 g/mol. The van der Waals surface area contributed by atoms with Gasteiger partial charge >= 0.3 is 0 Å². The predicted octanol–water partition coefficient (Wildman–Crippen LogP) is 1.58. The number of piperazine rings is 1. The first-order valence-electron chi connectivity index (χ1n) is 8.72. The standard InChI is InChI=1S/C19H27N3O/c1-2-6-18(7-3-1)22-15-13-21(14-16-22)12-4-5-17-23-19-8-10-20-11-9-19/h1-3,6-7,19-20H,8-17H2. The molecule has 23 heavy (non-hydrogen) atoms. The van der Waals surface area contributed by atoms with Gasteiger partial charge in [0.2, 0.25) is 0 Å². The molecule has 0 radical (unpaired) electrons. The van der Waals surface area contributed by atoms with Gasteiger partial charge in [-0.2, -0.15) is 0 Å². The lowest BCUT2D eigenvalue weighted by atomic mass is 10.1. The van der Waals surface area contributed by atoms with Crippen molar-refractivity contribution in [1.29, 1.82) is 0 Å². The molecule has 4 nitrogen and oxygen atoms in total. The van der Waals surface area contributed by atoms with Crippen LogP contribution in [0, 0.1) is 11.8 Å². The summed E-state index contributed by atoms with van der Waals surface area (Å²) in [5.41, 5.74) is 1.33. The van der Waals surface area contributed by atoms with E-state index in [-0.39, 0.29) is 0 Å². The second-order valence-electron chi connectivity index (χ2n) is 6.21. The van der Waals surface area contributed by atoms with Gasteiger partial charge in [-0.15, -0.1) is 0 Å². The first-order chi connectivity index (χ1) is 11.4. The summed E-state index contributed by atoms with van der Waals surface area (Å²) in [5.74, 6) is 6.44. The van der Waals surface area contributed by atoms with Crippen molar-refractivity contribution in [1.82, 2.24) is 10.2 Å². The van der Waals surface area contributed by atoms with E-state index >= 15 is 0 Å². The molecule has 0 aromatic heterocycles. The molecule has 2 heterocycles. The SMILES string of the molecule is C(#CCN1CCN(c2ccccc2)CC1)COC1CCNCC1. The van der Waals surface area contributed by atoms with E-state index in [1.807, 2.05) is 0 Å². The van der Waals surface area contributed by atoms with Crippen LogP contribution in [0.25, 0.3) is 0 Å². The minimum absolute atomic E-state index is 0.403. The molecule has 0 aliphatic carbocycles. The molecule has 2 fully saturated rings. The van der Waals surface area contributed by atoms with Gasteiger partial charge in [-0.3, -0.25) is 4.90 Å². The number of ether oxygens (including phenoxy) is 1. The Morgan fingerprint density at radius 1 is 1.00 bits per heavy atom. The van der Waals surface area contributed by atoms with E-state index in [4.69, 9.17) is 4.74 Å². The van der Waals surface area contributed by atoms with Crippen molar-refractivity contribution in [2.45, 2.75) is 18.9 Å². The number of hydrogen-bond acceptors (Lipinski definition) is 4. The van der Waals surface area contributed by atoms with Gasteiger partial charge in [0.25, 0.3) is 0 Å². The Bertz CT molecular complexity index is 508. The highest BCUT2D eigenvalue weighted by Gasteiger charge is 2.16.